The lowest BCUT2D eigenvalue weighted by Gasteiger charge is -2.24. The van der Waals surface area contributed by atoms with E-state index in [0.29, 0.717) is 18.6 Å². The van der Waals surface area contributed by atoms with Gasteiger partial charge in [-0.15, -0.1) is 0 Å². The summed E-state index contributed by atoms with van der Waals surface area (Å²) in [7, 11) is 0. The molecule has 0 atom stereocenters. The molecule has 0 saturated carbocycles. The standard InChI is InChI=1S/C14H17ClO3/c1-4-18-12(16)9-14(2,3)11-7-5-10(6-8-11)13(15)17/h5-8H,4,9H2,1-3H3. The van der Waals surface area contributed by atoms with E-state index in [2.05, 4.69) is 0 Å². The highest BCUT2D eigenvalue weighted by Crippen LogP contribution is 2.27. The number of rotatable bonds is 5. The summed E-state index contributed by atoms with van der Waals surface area (Å²) in [6.45, 7) is 6.09. The molecule has 4 heteroatoms. The van der Waals surface area contributed by atoms with Crippen LogP contribution < -0.4 is 0 Å². The van der Waals surface area contributed by atoms with Crippen LogP contribution in [0.25, 0.3) is 0 Å². The van der Waals surface area contributed by atoms with Crippen molar-refractivity contribution in [3.63, 3.8) is 0 Å². The molecular weight excluding hydrogens is 252 g/mol. The van der Waals surface area contributed by atoms with Crippen LogP contribution in [-0.4, -0.2) is 17.8 Å². The number of hydrogen-bond acceptors (Lipinski definition) is 3. The van der Waals surface area contributed by atoms with Gasteiger partial charge in [-0.2, -0.15) is 0 Å². The Morgan fingerprint density at radius 1 is 1.22 bits per heavy atom. The van der Waals surface area contributed by atoms with Gasteiger partial charge in [-0.3, -0.25) is 9.59 Å². The fraction of sp³-hybridized carbons (Fsp3) is 0.429. The molecule has 98 valence electrons. The van der Waals surface area contributed by atoms with E-state index in [1.807, 2.05) is 26.0 Å². The maximum Gasteiger partial charge on any atom is 0.306 e. The molecule has 0 heterocycles. The van der Waals surface area contributed by atoms with Crippen LogP contribution in [0.5, 0.6) is 0 Å². The fourth-order valence-corrected chi connectivity index (χ4v) is 1.85. The van der Waals surface area contributed by atoms with Gasteiger partial charge in [0.05, 0.1) is 13.0 Å². The third kappa shape index (κ3) is 3.84. The van der Waals surface area contributed by atoms with Crippen molar-refractivity contribution in [3.05, 3.63) is 35.4 Å². The largest absolute Gasteiger partial charge is 0.466 e. The molecule has 0 aliphatic heterocycles. The van der Waals surface area contributed by atoms with Crippen molar-refractivity contribution in [1.82, 2.24) is 0 Å². The van der Waals surface area contributed by atoms with Crippen molar-refractivity contribution in [2.24, 2.45) is 0 Å². The summed E-state index contributed by atoms with van der Waals surface area (Å²) >= 11 is 5.38. The molecule has 0 bridgehead atoms. The van der Waals surface area contributed by atoms with Crippen LogP contribution in [0, 0.1) is 0 Å². The Morgan fingerprint density at radius 3 is 2.22 bits per heavy atom. The van der Waals surface area contributed by atoms with E-state index in [1.54, 1.807) is 19.1 Å². The predicted molar refractivity (Wildman–Crippen MR) is 70.9 cm³/mol. The highest BCUT2D eigenvalue weighted by atomic mass is 35.5. The molecule has 0 aromatic heterocycles. The Labute approximate surface area is 112 Å². The first-order chi connectivity index (χ1) is 8.36. The zero-order valence-corrected chi connectivity index (χ0v) is 11.6. The second-order valence-electron chi connectivity index (χ2n) is 4.72. The zero-order chi connectivity index (χ0) is 13.8. The third-order valence-electron chi connectivity index (χ3n) is 2.78. The van der Waals surface area contributed by atoms with Gasteiger partial charge in [-0.1, -0.05) is 26.0 Å². The number of ether oxygens (including phenoxy) is 1. The highest BCUT2D eigenvalue weighted by molar-refractivity contribution is 6.67. The molecule has 18 heavy (non-hydrogen) atoms. The molecule has 0 amide bonds. The van der Waals surface area contributed by atoms with Crippen molar-refractivity contribution in [3.8, 4) is 0 Å². The minimum atomic E-state index is -0.482. The molecular formula is C14H17ClO3. The summed E-state index contributed by atoms with van der Waals surface area (Å²) in [6.07, 6.45) is 0.301. The van der Waals surface area contributed by atoms with E-state index in [9.17, 15) is 9.59 Å². The molecule has 0 N–H and O–H groups in total. The average Bonchev–Trinajstić information content (AvgIpc) is 2.28. The van der Waals surface area contributed by atoms with Crippen molar-refractivity contribution in [2.75, 3.05) is 6.61 Å². The lowest BCUT2D eigenvalue weighted by Crippen LogP contribution is -2.23. The van der Waals surface area contributed by atoms with Crippen molar-refractivity contribution >= 4 is 22.8 Å². The van der Waals surface area contributed by atoms with E-state index >= 15 is 0 Å². The Kier molecular flexibility index (Phi) is 4.91. The van der Waals surface area contributed by atoms with Gasteiger partial charge < -0.3 is 4.74 Å². The first-order valence-corrected chi connectivity index (χ1v) is 6.20. The van der Waals surface area contributed by atoms with Crippen LogP contribution in [0.1, 0.15) is 43.1 Å². The maximum atomic E-state index is 11.5. The lowest BCUT2D eigenvalue weighted by molar-refractivity contribution is -0.144. The van der Waals surface area contributed by atoms with E-state index in [1.165, 1.54) is 0 Å². The molecule has 0 saturated heterocycles. The van der Waals surface area contributed by atoms with E-state index in [0.717, 1.165) is 5.56 Å². The van der Waals surface area contributed by atoms with Crippen LogP contribution in [-0.2, 0) is 14.9 Å². The summed E-state index contributed by atoms with van der Waals surface area (Å²) in [5.74, 6) is -0.222. The Morgan fingerprint density at radius 2 is 1.78 bits per heavy atom. The Bertz CT molecular complexity index is 435. The molecule has 0 fully saturated rings. The summed E-state index contributed by atoms with van der Waals surface area (Å²) in [6, 6.07) is 6.96. The highest BCUT2D eigenvalue weighted by Gasteiger charge is 2.25. The van der Waals surface area contributed by atoms with Gasteiger partial charge in [0.2, 0.25) is 0 Å². The van der Waals surface area contributed by atoms with Gasteiger partial charge in [0.15, 0.2) is 0 Å². The molecule has 1 aromatic rings. The molecule has 1 aromatic carbocycles. The smallest absolute Gasteiger partial charge is 0.306 e. The molecule has 0 aliphatic carbocycles. The summed E-state index contributed by atoms with van der Waals surface area (Å²) in [4.78, 5) is 22.5. The maximum absolute atomic E-state index is 11.5. The number of carbonyl (C=O) groups is 2. The van der Waals surface area contributed by atoms with Crippen LogP contribution in [0.3, 0.4) is 0 Å². The Hall–Kier alpha value is -1.35. The predicted octanol–water partition coefficient (Wildman–Crippen LogP) is 3.30. The number of carbonyl (C=O) groups excluding carboxylic acids is 2. The van der Waals surface area contributed by atoms with Gasteiger partial charge in [0.25, 0.3) is 5.24 Å². The Balaban J connectivity index is 2.84. The molecule has 3 nitrogen and oxygen atoms in total. The van der Waals surface area contributed by atoms with Gasteiger partial charge >= 0.3 is 5.97 Å². The van der Waals surface area contributed by atoms with Crippen LogP contribution in [0.2, 0.25) is 0 Å². The van der Waals surface area contributed by atoms with Gasteiger partial charge in [0, 0.05) is 11.0 Å². The molecule has 0 radical (unpaired) electrons. The minimum Gasteiger partial charge on any atom is -0.466 e. The van der Waals surface area contributed by atoms with Gasteiger partial charge in [0.1, 0.15) is 0 Å². The van der Waals surface area contributed by atoms with Crippen LogP contribution in [0.15, 0.2) is 24.3 Å². The normalized spacial score (nSPS) is 11.1. The van der Waals surface area contributed by atoms with E-state index in [-0.39, 0.29) is 11.4 Å². The summed E-state index contributed by atoms with van der Waals surface area (Å²) < 4.78 is 4.95. The van der Waals surface area contributed by atoms with Crippen LogP contribution >= 0.6 is 11.6 Å². The number of hydrogen-bond donors (Lipinski definition) is 0. The lowest BCUT2D eigenvalue weighted by atomic mass is 9.81. The number of halogens is 1. The first-order valence-electron chi connectivity index (χ1n) is 5.83. The van der Waals surface area contributed by atoms with Gasteiger partial charge in [-0.25, -0.2) is 0 Å². The SMILES string of the molecule is CCOC(=O)CC(C)(C)c1ccc(C(=O)Cl)cc1. The zero-order valence-electron chi connectivity index (χ0n) is 10.8. The molecule has 0 spiro atoms. The topological polar surface area (TPSA) is 43.4 Å². The molecule has 1 rings (SSSR count). The fourth-order valence-electron chi connectivity index (χ4n) is 1.73. The quantitative estimate of drug-likeness (QED) is 0.608. The second kappa shape index (κ2) is 6.01. The second-order valence-corrected chi connectivity index (χ2v) is 5.06. The first kappa shape index (κ1) is 14.7. The third-order valence-corrected chi connectivity index (χ3v) is 3.00. The number of benzene rings is 1. The van der Waals surface area contributed by atoms with Crippen molar-refractivity contribution in [1.29, 1.82) is 0 Å². The van der Waals surface area contributed by atoms with E-state index in [4.69, 9.17) is 16.3 Å². The minimum absolute atomic E-state index is 0.222. The molecule has 0 unspecified atom stereocenters. The van der Waals surface area contributed by atoms with E-state index < -0.39 is 5.24 Å². The van der Waals surface area contributed by atoms with Crippen molar-refractivity contribution in [2.45, 2.75) is 32.6 Å². The van der Waals surface area contributed by atoms with Crippen LogP contribution in [0.4, 0.5) is 0 Å². The average molecular weight is 269 g/mol. The summed E-state index contributed by atoms with van der Waals surface area (Å²) in [5, 5.41) is -0.482. The van der Waals surface area contributed by atoms with Crippen molar-refractivity contribution < 1.29 is 14.3 Å². The van der Waals surface area contributed by atoms with Gasteiger partial charge in [-0.05, 0) is 36.2 Å². The molecule has 0 aliphatic rings. The number of esters is 1. The monoisotopic (exact) mass is 268 g/mol. The summed E-state index contributed by atoms with van der Waals surface area (Å²) in [5.41, 5.74) is 1.09.